The first-order valence-corrected chi connectivity index (χ1v) is 10.1. The number of nitrogens with one attached hydrogen (secondary N) is 1. The van der Waals surface area contributed by atoms with Gasteiger partial charge < -0.3 is 29.0 Å². The van der Waals surface area contributed by atoms with Gasteiger partial charge in [0.2, 0.25) is 5.75 Å². The Morgan fingerprint density at radius 2 is 1.31 bits per heavy atom. The first kappa shape index (κ1) is 24.5. The molecule has 0 aliphatic rings. The molecule has 172 valence electrons. The van der Waals surface area contributed by atoms with Gasteiger partial charge in [-0.05, 0) is 51.1 Å². The van der Waals surface area contributed by atoms with Gasteiger partial charge in [0.05, 0.1) is 50.9 Å². The third-order valence-electron chi connectivity index (χ3n) is 4.27. The lowest BCUT2D eigenvalue weighted by Crippen LogP contribution is -2.17. The molecule has 1 N–H and O–H groups in total. The second-order valence-electron chi connectivity index (χ2n) is 6.30. The maximum Gasteiger partial charge on any atom is 0.339 e. The Hall–Kier alpha value is -3.75. The molecule has 1 amide bonds. The third-order valence-corrected chi connectivity index (χ3v) is 4.27. The number of esters is 2. The van der Waals surface area contributed by atoms with Crippen LogP contribution in [0.5, 0.6) is 17.2 Å². The van der Waals surface area contributed by atoms with E-state index in [1.165, 1.54) is 44.6 Å². The van der Waals surface area contributed by atoms with Gasteiger partial charge in [-0.1, -0.05) is 0 Å². The second-order valence-corrected chi connectivity index (χ2v) is 6.30. The Bertz CT molecular complexity index is 959. The van der Waals surface area contributed by atoms with E-state index in [9.17, 15) is 14.4 Å². The molecule has 0 fully saturated rings. The van der Waals surface area contributed by atoms with Crippen molar-refractivity contribution in [1.29, 1.82) is 0 Å². The molecule has 0 radical (unpaired) electrons. The molecule has 0 bridgehead atoms. The number of carbonyl (C=O) groups is 3. The van der Waals surface area contributed by atoms with Crippen molar-refractivity contribution in [2.75, 3.05) is 39.4 Å². The van der Waals surface area contributed by atoms with Crippen LogP contribution in [0.4, 0.5) is 5.69 Å². The highest BCUT2D eigenvalue weighted by Crippen LogP contribution is 2.39. The summed E-state index contributed by atoms with van der Waals surface area (Å²) < 4.78 is 26.4. The van der Waals surface area contributed by atoms with Crippen molar-refractivity contribution in [1.82, 2.24) is 0 Å². The summed E-state index contributed by atoms with van der Waals surface area (Å²) in [6.07, 6.45) is 0. The van der Waals surface area contributed by atoms with E-state index in [1.807, 2.05) is 20.8 Å². The maximum atomic E-state index is 13.1. The highest BCUT2D eigenvalue weighted by Gasteiger charge is 2.21. The van der Waals surface area contributed by atoms with Crippen LogP contribution < -0.4 is 19.5 Å². The lowest BCUT2D eigenvalue weighted by Gasteiger charge is -2.17. The number of benzene rings is 2. The molecule has 9 heteroatoms. The minimum atomic E-state index is -0.673. The third kappa shape index (κ3) is 5.69. The molecule has 0 unspecified atom stereocenters. The van der Waals surface area contributed by atoms with Crippen molar-refractivity contribution in [2.24, 2.45) is 0 Å². The van der Waals surface area contributed by atoms with Crippen molar-refractivity contribution < 1.29 is 38.1 Å². The number of anilines is 1. The minimum Gasteiger partial charge on any atom is -0.490 e. The molecule has 32 heavy (non-hydrogen) atoms. The van der Waals surface area contributed by atoms with Crippen LogP contribution in [0.3, 0.4) is 0 Å². The summed E-state index contributed by atoms with van der Waals surface area (Å²) in [5.41, 5.74) is 0.538. The van der Waals surface area contributed by atoms with Crippen LogP contribution in [0.2, 0.25) is 0 Å². The number of amides is 1. The van der Waals surface area contributed by atoms with E-state index >= 15 is 0 Å². The van der Waals surface area contributed by atoms with Gasteiger partial charge in [0.25, 0.3) is 5.91 Å². The molecule has 0 saturated carbocycles. The molecule has 9 nitrogen and oxygen atoms in total. The number of hydrogen-bond donors (Lipinski definition) is 1. The Labute approximate surface area is 186 Å². The highest BCUT2D eigenvalue weighted by molar-refractivity contribution is 6.09. The van der Waals surface area contributed by atoms with Crippen LogP contribution in [0.15, 0.2) is 30.3 Å². The van der Waals surface area contributed by atoms with E-state index in [2.05, 4.69) is 5.32 Å². The summed E-state index contributed by atoms with van der Waals surface area (Å²) in [6, 6.07) is 7.17. The molecule has 2 aromatic carbocycles. The van der Waals surface area contributed by atoms with E-state index < -0.39 is 17.8 Å². The molecule has 0 aliphatic heterocycles. The zero-order chi connectivity index (χ0) is 23.7. The molecule has 0 aromatic heterocycles. The van der Waals surface area contributed by atoms with Crippen molar-refractivity contribution >= 4 is 23.5 Å². The fourth-order valence-electron chi connectivity index (χ4n) is 2.89. The van der Waals surface area contributed by atoms with Crippen LogP contribution in [-0.4, -0.2) is 51.9 Å². The van der Waals surface area contributed by atoms with Crippen molar-refractivity contribution in [2.45, 2.75) is 20.8 Å². The van der Waals surface area contributed by atoms with Crippen LogP contribution >= 0.6 is 0 Å². The predicted octanol–water partition coefficient (Wildman–Crippen LogP) is 3.71. The zero-order valence-corrected chi connectivity index (χ0v) is 18.8. The molecule has 0 spiro atoms. The van der Waals surface area contributed by atoms with Crippen LogP contribution in [-0.2, 0) is 9.47 Å². The Morgan fingerprint density at radius 3 is 1.81 bits per heavy atom. The largest absolute Gasteiger partial charge is 0.490 e. The molecular formula is C23H27NO8. The average molecular weight is 445 g/mol. The first-order chi connectivity index (χ1) is 15.4. The Morgan fingerprint density at radius 1 is 0.750 bits per heavy atom. The summed E-state index contributed by atoms with van der Waals surface area (Å²) >= 11 is 0. The van der Waals surface area contributed by atoms with Crippen molar-refractivity contribution in [3.05, 3.63) is 47.0 Å². The summed E-state index contributed by atoms with van der Waals surface area (Å²) in [6.45, 7) is 6.53. The van der Waals surface area contributed by atoms with Gasteiger partial charge >= 0.3 is 11.9 Å². The van der Waals surface area contributed by atoms with E-state index in [-0.39, 0.29) is 22.4 Å². The summed E-state index contributed by atoms with van der Waals surface area (Å²) in [4.78, 5) is 37.1. The molecule has 0 atom stereocenters. The lowest BCUT2D eigenvalue weighted by molar-refractivity contribution is 0.0587. The number of methoxy groups -OCH3 is 2. The van der Waals surface area contributed by atoms with Crippen molar-refractivity contribution in [3.8, 4) is 17.2 Å². The standard InChI is InChI=1S/C23H27NO8/c1-6-30-18-12-15(13-19(31-7-2)20(18)32-8-3)21(25)24-17-11-14(22(26)28-4)9-10-16(17)23(27)29-5/h9-13H,6-8H2,1-5H3,(H,24,25). The normalized spacial score (nSPS) is 10.2. The lowest BCUT2D eigenvalue weighted by atomic mass is 10.1. The smallest absolute Gasteiger partial charge is 0.339 e. The molecule has 0 aliphatic carbocycles. The molecule has 0 saturated heterocycles. The van der Waals surface area contributed by atoms with Crippen molar-refractivity contribution in [3.63, 3.8) is 0 Å². The Kier molecular flexibility index (Phi) is 8.88. The molecular weight excluding hydrogens is 418 g/mol. The predicted molar refractivity (Wildman–Crippen MR) is 117 cm³/mol. The van der Waals surface area contributed by atoms with Crippen LogP contribution in [0, 0.1) is 0 Å². The van der Waals surface area contributed by atoms with E-state index in [1.54, 1.807) is 0 Å². The van der Waals surface area contributed by atoms with Gasteiger partial charge in [-0.3, -0.25) is 4.79 Å². The number of hydrogen-bond acceptors (Lipinski definition) is 8. The van der Waals surface area contributed by atoms with Gasteiger partial charge in [0, 0.05) is 5.56 Å². The molecule has 2 aromatic rings. The summed E-state index contributed by atoms with van der Waals surface area (Å²) in [5, 5.41) is 2.65. The molecule has 0 heterocycles. The topological polar surface area (TPSA) is 109 Å². The van der Waals surface area contributed by atoms with Gasteiger partial charge in [0.15, 0.2) is 11.5 Å². The highest BCUT2D eigenvalue weighted by atomic mass is 16.5. The number of rotatable bonds is 10. The maximum absolute atomic E-state index is 13.1. The molecule has 2 rings (SSSR count). The SMILES string of the molecule is CCOc1cc(C(=O)Nc2cc(C(=O)OC)ccc2C(=O)OC)cc(OCC)c1OCC. The quantitative estimate of drug-likeness (QED) is 0.551. The monoisotopic (exact) mass is 445 g/mol. The van der Waals surface area contributed by atoms with E-state index in [0.717, 1.165) is 0 Å². The fraction of sp³-hybridized carbons (Fsp3) is 0.348. The van der Waals surface area contributed by atoms with Gasteiger partial charge in [-0.15, -0.1) is 0 Å². The van der Waals surface area contributed by atoms with Crippen LogP contribution in [0.1, 0.15) is 51.8 Å². The van der Waals surface area contributed by atoms with Gasteiger partial charge in [0.1, 0.15) is 0 Å². The zero-order valence-electron chi connectivity index (χ0n) is 18.8. The van der Waals surface area contributed by atoms with E-state index in [0.29, 0.717) is 37.1 Å². The van der Waals surface area contributed by atoms with Gasteiger partial charge in [-0.25, -0.2) is 9.59 Å². The Balaban J connectivity index is 2.51. The summed E-state index contributed by atoms with van der Waals surface area (Å²) in [7, 11) is 2.45. The van der Waals surface area contributed by atoms with Gasteiger partial charge in [-0.2, -0.15) is 0 Å². The fourth-order valence-corrected chi connectivity index (χ4v) is 2.89. The van der Waals surface area contributed by atoms with Crippen LogP contribution in [0.25, 0.3) is 0 Å². The number of ether oxygens (including phenoxy) is 5. The number of carbonyl (C=O) groups excluding carboxylic acids is 3. The average Bonchev–Trinajstić information content (AvgIpc) is 2.80. The summed E-state index contributed by atoms with van der Waals surface area (Å²) in [5.74, 6) is -0.745. The minimum absolute atomic E-state index is 0.0782. The first-order valence-electron chi connectivity index (χ1n) is 10.1. The second kappa shape index (κ2) is 11.6. The van der Waals surface area contributed by atoms with E-state index in [4.69, 9.17) is 23.7 Å².